The summed E-state index contributed by atoms with van der Waals surface area (Å²) in [6.07, 6.45) is 10.4. The molecule has 1 aromatic rings. The lowest BCUT2D eigenvalue weighted by atomic mass is 9.93. The van der Waals surface area contributed by atoms with Gasteiger partial charge >= 0.3 is 0 Å². The molecule has 0 radical (unpaired) electrons. The van der Waals surface area contributed by atoms with Crippen molar-refractivity contribution >= 4 is 0 Å². The number of hydrogen-bond acceptors (Lipinski definition) is 2. The summed E-state index contributed by atoms with van der Waals surface area (Å²) in [5, 5.41) is 8.32. The van der Waals surface area contributed by atoms with Gasteiger partial charge in [0.2, 0.25) is 0 Å². The van der Waals surface area contributed by atoms with Gasteiger partial charge in [-0.15, -0.1) is 0 Å². The fraction of sp³-hybridized carbons (Fsp3) is 0.824. The van der Waals surface area contributed by atoms with E-state index in [2.05, 4.69) is 42.1 Å². The first-order valence-electron chi connectivity index (χ1n) is 8.48. The second-order valence-electron chi connectivity index (χ2n) is 6.35. The standard InChI is InChI=1S/C17H31N3/c1-4-10-18-16-9-7-6-8-14(11-16)12-17-13-15(5-2)19-20(17)3/h13-14,16,18H,4-12H2,1-3H3. The summed E-state index contributed by atoms with van der Waals surface area (Å²) >= 11 is 0. The molecule has 1 heterocycles. The summed E-state index contributed by atoms with van der Waals surface area (Å²) in [6.45, 7) is 5.61. The first-order valence-corrected chi connectivity index (χ1v) is 8.48. The van der Waals surface area contributed by atoms with Gasteiger partial charge in [-0.25, -0.2) is 0 Å². The molecule has 3 nitrogen and oxygen atoms in total. The molecule has 1 fully saturated rings. The van der Waals surface area contributed by atoms with Crippen LogP contribution in [0.3, 0.4) is 0 Å². The Kier molecular flexibility index (Phi) is 6.08. The molecule has 1 aromatic heterocycles. The molecule has 114 valence electrons. The lowest BCUT2D eigenvalue weighted by Gasteiger charge is -2.21. The molecule has 0 saturated heterocycles. The van der Waals surface area contributed by atoms with Gasteiger partial charge in [0, 0.05) is 18.8 Å². The van der Waals surface area contributed by atoms with E-state index < -0.39 is 0 Å². The smallest absolute Gasteiger partial charge is 0.0624 e. The van der Waals surface area contributed by atoms with Crippen LogP contribution >= 0.6 is 0 Å². The van der Waals surface area contributed by atoms with Gasteiger partial charge in [0.15, 0.2) is 0 Å². The van der Waals surface area contributed by atoms with Crippen LogP contribution in [0, 0.1) is 5.92 Å². The van der Waals surface area contributed by atoms with E-state index in [1.807, 2.05) is 0 Å². The van der Waals surface area contributed by atoms with Crippen LogP contribution in [0.4, 0.5) is 0 Å². The van der Waals surface area contributed by atoms with E-state index >= 15 is 0 Å². The van der Waals surface area contributed by atoms with Crippen molar-refractivity contribution in [1.82, 2.24) is 15.1 Å². The number of nitrogens with zero attached hydrogens (tertiary/aromatic N) is 2. The molecular formula is C17H31N3. The van der Waals surface area contributed by atoms with E-state index in [0.29, 0.717) is 0 Å². The van der Waals surface area contributed by atoms with Crippen LogP contribution in [0.2, 0.25) is 0 Å². The molecule has 1 aliphatic rings. The van der Waals surface area contributed by atoms with Gasteiger partial charge in [0.05, 0.1) is 5.69 Å². The highest BCUT2D eigenvalue weighted by atomic mass is 15.3. The van der Waals surface area contributed by atoms with Gasteiger partial charge in [-0.3, -0.25) is 4.68 Å². The second-order valence-corrected chi connectivity index (χ2v) is 6.35. The first kappa shape index (κ1) is 15.6. The Morgan fingerprint density at radius 1 is 1.30 bits per heavy atom. The van der Waals surface area contributed by atoms with Crippen LogP contribution in [0.15, 0.2) is 6.07 Å². The molecule has 0 amide bonds. The van der Waals surface area contributed by atoms with Crippen molar-refractivity contribution in [3.63, 3.8) is 0 Å². The average Bonchev–Trinajstić information content (AvgIpc) is 2.66. The Labute approximate surface area is 124 Å². The fourth-order valence-corrected chi connectivity index (χ4v) is 3.41. The molecule has 0 spiro atoms. The molecule has 0 aromatic carbocycles. The summed E-state index contributed by atoms with van der Waals surface area (Å²) in [5.74, 6) is 0.826. The van der Waals surface area contributed by atoms with E-state index in [1.54, 1.807) is 0 Å². The molecule has 1 saturated carbocycles. The van der Waals surface area contributed by atoms with Crippen LogP contribution < -0.4 is 5.32 Å². The largest absolute Gasteiger partial charge is 0.314 e. The maximum Gasteiger partial charge on any atom is 0.0624 e. The maximum absolute atomic E-state index is 4.59. The SMILES string of the molecule is CCCNC1CCCCC(Cc2cc(CC)nn2C)C1. The third-order valence-electron chi connectivity index (χ3n) is 4.60. The molecule has 3 heteroatoms. The first-order chi connectivity index (χ1) is 9.72. The Morgan fingerprint density at radius 2 is 2.10 bits per heavy atom. The predicted octanol–water partition coefficient (Wildman–Crippen LogP) is 3.47. The van der Waals surface area contributed by atoms with Gasteiger partial charge in [-0.1, -0.05) is 33.1 Å². The number of aryl methyl sites for hydroxylation is 2. The topological polar surface area (TPSA) is 29.9 Å². The highest BCUT2D eigenvalue weighted by Crippen LogP contribution is 2.26. The van der Waals surface area contributed by atoms with Crippen LogP contribution in [-0.4, -0.2) is 22.4 Å². The van der Waals surface area contributed by atoms with Crippen molar-refractivity contribution < 1.29 is 0 Å². The summed E-state index contributed by atoms with van der Waals surface area (Å²) in [5.41, 5.74) is 2.65. The quantitative estimate of drug-likeness (QED) is 0.807. The van der Waals surface area contributed by atoms with Crippen molar-refractivity contribution in [2.24, 2.45) is 13.0 Å². The zero-order valence-electron chi connectivity index (χ0n) is 13.5. The van der Waals surface area contributed by atoms with E-state index in [9.17, 15) is 0 Å². The predicted molar refractivity (Wildman–Crippen MR) is 84.9 cm³/mol. The lowest BCUT2D eigenvalue weighted by Crippen LogP contribution is -2.31. The minimum atomic E-state index is 0.737. The van der Waals surface area contributed by atoms with Crippen molar-refractivity contribution in [1.29, 1.82) is 0 Å². The van der Waals surface area contributed by atoms with Crippen molar-refractivity contribution in [3.8, 4) is 0 Å². The molecule has 2 unspecified atom stereocenters. The van der Waals surface area contributed by atoms with Crippen molar-refractivity contribution in [2.75, 3.05) is 6.54 Å². The highest BCUT2D eigenvalue weighted by Gasteiger charge is 2.21. The third kappa shape index (κ3) is 4.34. The zero-order valence-corrected chi connectivity index (χ0v) is 13.5. The van der Waals surface area contributed by atoms with Gasteiger partial charge < -0.3 is 5.32 Å². The van der Waals surface area contributed by atoms with Crippen molar-refractivity contribution in [3.05, 3.63) is 17.5 Å². The minimum absolute atomic E-state index is 0.737. The highest BCUT2D eigenvalue weighted by molar-refractivity contribution is 5.11. The maximum atomic E-state index is 4.59. The number of hydrogen-bond donors (Lipinski definition) is 1. The molecule has 0 aliphatic heterocycles. The Balaban J connectivity index is 1.94. The molecule has 1 aliphatic carbocycles. The molecule has 20 heavy (non-hydrogen) atoms. The van der Waals surface area contributed by atoms with Crippen LogP contribution in [-0.2, 0) is 19.9 Å². The zero-order chi connectivity index (χ0) is 14.4. The Morgan fingerprint density at radius 3 is 2.80 bits per heavy atom. The van der Waals surface area contributed by atoms with Crippen LogP contribution in [0.25, 0.3) is 0 Å². The van der Waals surface area contributed by atoms with E-state index in [1.165, 1.54) is 62.9 Å². The summed E-state index contributed by atoms with van der Waals surface area (Å²) in [4.78, 5) is 0. The van der Waals surface area contributed by atoms with E-state index in [4.69, 9.17) is 0 Å². The summed E-state index contributed by atoms with van der Waals surface area (Å²) in [6, 6.07) is 3.04. The van der Waals surface area contributed by atoms with Crippen LogP contribution in [0.1, 0.15) is 63.8 Å². The molecule has 2 rings (SSSR count). The van der Waals surface area contributed by atoms with Crippen molar-refractivity contribution in [2.45, 2.75) is 71.3 Å². The third-order valence-corrected chi connectivity index (χ3v) is 4.60. The summed E-state index contributed by atoms with van der Waals surface area (Å²) < 4.78 is 2.10. The molecular weight excluding hydrogens is 246 g/mol. The molecule has 1 N–H and O–H groups in total. The Hall–Kier alpha value is -0.830. The number of aromatic nitrogens is 2. The number of rotatable bonds is 6. The van der Waals surface area contributed by atoms with Gasteiger partial charge in [-0.2, -0.15) is 5.10 Å². The van der Waals surface area contributed by atoms with E-state index in [-0.39, 0.29) is 0 Å². The van der Waals surface area contributed by atoms with Gasteiger partial charge in [0.1, 0.15) is 0 Å². The molecule has 0 bridgehead atoms. The molecule has 2 atom stereocenters. The van der Waals surface area contributed by atoms with Gasteiger partial charge in [-0.05, 0) is 50.6 Å². The second kappa shape index (κ2) is 7.82. The fourth-order valence-electron chi connectivity index (χ4n) is 3.41. The normalized spacial score (nSPS) is 23.8. The van der Waals surface area contributed by atoms with Crippen LogP contribution in [0.5, 0.6) is 0 Å². The van der Waals surface area contributed by atoms with Gasteiger partial charge in [0.25, 0.3) is 0 Å². The van der Waals surface area contributed by atoms with E-state index in [0.717, 1.165) is 18.4 Å². The lowest BCUT2D eigenvalue weighted by molar-refractivity contribution is 0.378. The average molecular weight is 277 g/mol. The minimum Gasteiger partial charge on any atom is -0.314 e. The summed E-state index contributed by atoms with van der Waals surface area (Å²) in [7, 11) is 2.10. The Bertz CT molecular complexity index is 397. The monoisotopic (exact) mass is 277 g/mol. The number of nitrogens with one attached hydrogen (secondary N) is 1.